The lowest BCUT2D eigenvalue weighted by molar-refractivity contribution is 0.0687. The molecule has 0 saturated heterocycles. The van der Waals surface area contributed by atoms with Crippen molar-refractivity contribution in [3.05, 3.63) is 91.9 Å². The Hall–Kier alpha value is -3.12. The minimum absolute atomic E-state index is 0.0314. The molecule has 0 spiro atoms. The highest BCUT2D eigenvalue weighted by atomic mass is 32.1. The highest BCUT2D eigenvalue weighted by Crippen LogP contribution is 2.21. The van der Waals surface area contributed by atoms with E-state index >= 15 is 0 Å². The summed E-state index contributed by atoms with van der Waals surface area (Å²) in [6.45, 7) is 4.59. The molecule has 0 aliphatic carbocycles. The van der Waals surface area contributed by atoms with Crippen molar-refractivity contribution in [2.24, 2.45) is 0 Å². The molecule has 0 aliphatic rings. The summed E-state index contributed by atoms with van der Waals surface area (Å²) in [5, 5.41) is 2.45. The topological polar surface area (TPSA) is 63.7 Å². The first kappa shape index (κ1) is 18.3. The molecule has 5 nitrogen and oxygen atoms in total. The van der Waals surface area contributed by atoms with E-state index in [-0.39, 0.29) is 17.1 Å². The molecule has 0 fully saturated rings. The molecule has 0 atom stereocenters. The normalized spacial score (nSPS) is 11.1. The van der Waals surface area contributed by atoms with E-state index in [4.69, 9.17) is 8.83 Å². The second-order valence-corrected chi connectivity index (χ2v) is 7.76. The fourth-order valence-corrected chi connectivity index (χ4v) is 3.77. The molecule has 0 aliphatic heterocycles. The van der Waals surface area contributed by atoms with Crippen LogP contribution in [0.5, 0.6) is 0 Å². The summed E-state index contributed by atoms with van der Waals surface area (Å²) in [5.74, 6) is 0.352. The third-order valence-corrected chi connectivity index (χ3v) is 5.56. The smallest absolute Gasteiger partial charge is 0.290 e. The van der Waals surface area contributed by atoms with Crippen LogP contribution in [0.4, 0.5) is 0 Å². The average molecular weight is 393 g/mol. The van der Waals surface area contributed by atoms with Gasteiger partial charge in [0.05, 0.1) is 24.7 Å². The van der Waals surface area contributed by atoms with E-state index in [0.29, 0.717) is 29.8 Å². The van der Waals surface area contributed by atoms with Crippen LogP contribution in [0, 0.1) is 13.8 Å². The van der Waals surface area contributed by atoms with Gasteiger partial charge < -0.3 is 13.7 Å². The number of thiophene rings is 1. The fraction of sp³-hybridized carbons (Fsp3) is 0.182. The Morgan fingerprint density at radius 3 is 2.61 bits per heavy atom. The quantitative estimate of drug-likeness (QED) is 0.483. The zero-order valence-electron chi connectivity index (χ0n) is 15.6. The number of benzene rings is 1. The lowest BCUT2D eigenvalue weighted by atomic mass is 10.1. The predicted octanol–water partition coefficient (Wildman–Crippen LogP) is 4.91. The lowest BCUT2D eigenvalue weighted by Crippen LogP contribution is -2.30. The van der Waals surface area contributed by atoms with Crippen LogP contribution in [0.3, 0.4) is 0 Å². The molecule has 142 valence electrons. The number of fused-ring (bicyclic) bond motifs is 1. The van der Waals surface area contributed by atoms with Gasteiger partial charge in [-0.2, -0.15) is 0 Å². The van der Waals surface area contributed by atoms with Crippen molar-refractivity contribution in [1.29, 1.82) is 0 Å². The van der Waals surface area contributed by atoms with Gasteiger partial charge in [0, 0.05) is 10.9 Å². The molecule has 0 saturated carbocycles. The van der Waals surface area contributed by atoms with Gasteiger partial charge in [-0.3, -0.25) is 9.59 Å². The Labute approximate surface area is 165 Å². The van der Waals surface area contributed by atoms with E-state index in [2.05, 4.69) is 0 Å². The number of nitrogens with zero attached hydrogens (tertiary/aromatic N) is 1. The SMILES string of the molecule is Cc1cc2oc(C(=O)N(Cc3ccco3)Cc3cccs3)cc(=O)c2cc1C. The molecule has 0 bridgehead atoms. The van der Waals surface area contributed by atoms with Crippen molar-refractivity contribution in [2.75, 3.05) is 0 Å². The number of rotatable bonds is 5. The van der Waals surface area contributed by atoms with Gasteiger partial charge in [-0.05, 0) is 60.7 Å². The Bertz CT molecular complexity index is 1140. The largest absolute Gasteiger partial charge is 0.467 e. The molecule has 1 amide bonds. The molecule has 1 aromatic carbocycles. The molecule has 3 heterocycles. The zero-order valence-corrected chi connectivity index (χ0v) is 16.4. The molecule has 0 N–H and O–H groups in total. The van der Waals surface area contributed by atoms with Crippen LogP contribution in [-0.2, 0) is 13.1 Å². The van der Waals surface area contributed by atoms with Gasteiger partial charge in [-0.15, -0.1) is 11.3 Å². The number of carbonyl (C=O) groups is 1. The van der Waals surface area contributed by atoms with Crippen molar-refractivity contribution < 1.29 is 13.6 Å². The first-order valence-electron chi connectivity index (χ1n) is 8.90. The van der Waals surface area contributed by atoms with Crippen molar-refractivity contribution in [2.45, 2.75) is 26.9 Å². The van der Waals surface area contributed by atoms with Gasteiger partial charge in [0.15, 0.2) is 11.2 Å². The summed E-state index contributed by atoms with van der Waals surface area (Å²) in [6, 6.07) is 12.4. The minimum Gasteiger partial charge on any atom is -0.467 e. The van der Waals surface area contributed by atoms with Gasteiger partial charge >= 0.3 is 0 Å². The first-order chi connectivity index (χ1) is 13.5. The Morgan fingerprint density at radius 2 is 1.89 bits per heavy atom. The molecular formula is C22H19NO4S. The molecule has 28 heavy (non-hydrogen) atoms. The van der Waals surface area contributed by atoms with Gasteiger partial charge in [-0.1, -0.05) is 6.07 Å². The number of hydrogen-bond acceptors (Lipinski definition) is 5. The maximum absolute atomic E-state index is 13.2. The van der Waals surface area contributed by atoms with Crippen LogP contribution in [0.1, 0.15) is 32.3 Å². The van der Waals surface area contributed by atoms with E-state index in [9.17, 15) is 9.59 Å². The first-order valence-corrected chi connectivity index (χ1v) is 9.78. The van der Waals surface area contributed by atoms with Crippen molar-refractivity contribution in [3.8, 4) is 0 Å². The monoisotopic (exact) mass is 393 g/mol. The molecular weight excluding hydrogens is 374 g/mol. The van der Waals surface area contributed by atoms with Gasteiger partial charge in [-0.25, -0.2) is 0 Å². The second kappa shape index (κ2) is 7.48. The van der Waals surface area contributed by atoms with Crippen molar-refractivity contribution >= 4 is 28.2 Å². The third kappa shape index (κ3) is 3.64. The van der Waals surface area contributed by atoms with E-state index in [1.54, 1.807) is 40.7 Å². The van der Waals surface area contributed by atoms with Crippen LogP contribution in [-0.4, -0.2) is 10.8 Å². The van der Waals surface area contributed by atoms with E-state index < -0.39 is 0 Å². The zero-order chi connectivity index (χ0) is 19.7. The van der Waals surface area contributed by atoms with Crippen molar-refractivity contribution in [3.63, 3.8) is 0 Å². The summed E-state index contributed by atoms with van der Waals surface area (Å²) in [7, 11) is 0. The van der Waals surface area contributed by atoms with Crippen LogP contribution < -0.4 is 5.43 Å². The highest BCUT2D eigenvalue weighted by Gasteiger charge is 2.22. The highest BCUT2D eigenvalue weighted by molar-refractivity contribution is 7.09. The molecule has 6 heteroatoms. The van der Waals surface area contributed by atoms with Crippen molar-refractivity contribution in [1.82, 2.24) is 4.90 Å². The van der Waals surface area contributed by atoms with Crippen LogP contribution >= 0.6 is 11.3 Å². The Balaban J connectivity index is 1.73. The fourth-order valence-electron chi connectivity index (χ4n) is 3.05. The number of furan rings is 1. The molecule has 4 aromatic rings. The number of aryl methyl sites for hydroxylation is 2. The third-order valence-electron chi connectivity index (χ3n) is 4.70. The summed E-state index contributed by atoms with van der Waals surface area (Å²) < 4.78 is 11.3. The molecule has 0 radical (unpaired) electrons. The van der Waals surface area contributed by atoms with Gasteiger partial charge in [0.2, 0.25) is 0 Å². The van der Waals surface area contributed by atoms with Crippen LogP contribution in [0.15, 0.2) is 67.7 Å². The predicted molar refractivity (Wildman–Crippen MR) is 109 cm³/mol. The minimum atomic E-state index is -0.345. The molecule has 0 unspecified atom stereocenters. The second-order valence-electron chi connectivity index (χ2n) is 6.73. The van der Waals surface area contributed by atoms with E-state index in [1.165, 1.54) is 6.07 Å². The number of hydrogen-bond donors (Lipinski definition) is 0. The summed E-state index contributed by atoms with van der Waals surface area (Å²) in [5.41, 5.74) is 2.22. The van der Waals surface area contributed by atoms with E-state index in [0.717, 1.165) is 16.0 Å². The standard InChI is InChI=1S/C22H19NO4S/c1-14-9-18-19(24)11-21(27-20(18)10-15(14)2)22(25)23(12-16-5-3-7-26-16)13-17-6-4-8-28-17/h3-11H,12-13H2,1-2H3. The summed E-state index contributed by atoms with van der Waals surface area (Å²) in [6.07, 6.45) is 1.57. The van der Waals surface area contributed by atoms with Gasteiger partial charge in [0.25, 0.3) is 5.91 Å². The Kier molecular flexibility index (Phi) is 4.88. The van der Waals surface area contributed by atoms with Crippen LogP contribution in [0.2, 0.25) is 0 Å². The average Bonchev–Trinajstić information content (AvgIpc) is 3.36. The van der Waals surface area contributed by atoms with E-state index in [1.807, 2.05) is 37.4 Å². The van der Waals surface area contributed by atoms with Crippen LogP contribution in [0.25, 0.3) is 11.0 Å². The number of carbonyl (C=O) groups excluding carboxylic acids is 1. The number of amides is 1. The maximum Gasteiger partial charge on any atom is 0.290 e. The molecule has 3 aromatic heterocycles. The molecule has 4 rings (SSSR count). The Morgan fingerprint density at radius 1 is 1.07 bits per heavy atom. The lowest BCUT2D eigenvalue weighted by Gasteiger charge is -2.20. The van der Waals surface area contributed by atoms with Gasteiger partial charge in [0.1, 0.15) is 11.3 Å². The maximum atomic E-state index is 13.2. The summed E-state index contributed by atoms with van der Waals surface area (Å²) >= 11 is 1.57. The summed E-state index contributed by atoms with van der Waals surface area (Å²) in [4.78, 5) is 28.4.